The van der Waals surface area contributed by atoms with Gasteiger partial charge in [0.1, 0.15) is 10.6 Å². The average Bonchev–Trinajstić information content (AvgIpc) is 2.87. The van der Waals surface area contributed by atoms with E-state index in [1.54, 1.807) is 4.68 Å². The zero-order chi connectivity index (χ0) is 9.97. The molecule has 6 nitrogen and oxygen atoms in total. The molecule has 0 fully saturated rings. The van der Waals surface area contributed by atoms with Crippen LogP contribution >= 0.6 is 11.5 Å². The minimum absolute atomic E-state index is 0.133. The van der Waals surface area contributed by atoms with Gasteiger partial charge in [0.25, 0.3) is 0 Å². The van der Waals surface area contributed by atoms with Gasteiger partial charge in [-0.25, -0.2) is 4.68 Å². The minimum Gasteiger partial charge on any atom is -0.286 e. The summed E-state index contributed by atoms with van der Waals surface area (Å²) in [6.07, 6.45) is 2.89. The molecule has 0 unspecified atom stereocenters. The van der Waals surface area contributed by atoms with Crippen molar-refractivity contribution in [1.29, 1.82) is 0 Å². The van der Waals surface area contributed by atoms with Crippen LogP contribution in [0.3, 0.4) is 0 Å². The first kappa shape index (κ1) is 8.95. The van der Waals surface area contributed by atoms with Gasteiger partial charge in [0.05, 0.1) is 12.4 Å². The Labute approximate surface area is 83.7 Å². The highest BCUT2D eigenvalue weighted by Gasteiger charge is 2.16. The monoisotopic (exact) mass is 209 g/mol. The molecule has 0 saturated heterocycles. The highest BCUT2D eigenvalue weighted by Crippen LogP contribution is 2.10. The van der Waals surface area contributed by atoms with Gasteiger partial charge in [-0.15, -0.1) is 10.2 Å². The number of hydrogen-bond donors (Lipinski definition) is 0. The molecule has 2 rings (SSSR count). The third-order valence-electron chi connectivity index (χ3n) is 1.73. The molecule has 2 aromatic heterocycles. The summed E-state index contributed by atoms with van der Waals surface area (Å²) in [6.45, 7) is 2.52. The lowest BCUT2D eigenvalue weighted by atomic mass is 10.3. The summed E-state index contributed by atoms with van der Waals surface area (Å²) in [4.78, 5) is 12.3. The van der Waals surface area contributed by atoms with Crippen LogP contribution in [-0.4, -0.2) is 30.4 Å². The zero-order valence-electron chi connectivity index (χ0n) is 7.41. The number of rotatable bonds is 3. The predicted octanol–water partition coefficient (Wildman–Crippen LogP) is 0.380. The van der Waals surface area contributed by atoms with Gasteiger partial charge in [0, 0.05) is 6.54 Å². The fraction of sp³-hybridized carbons (Fsp3) is 0.286. The number of hydrogen-bond acceptors (Lipinski definition) is 6. The molecule has 7 heteroatoms. The fourth-order valence-electron chi connectivity index (χ4n) is 1.06. The second kappa shape index (κ2) is 3.62. The number of nitrogens with zero attached hydrogens (tertiary/aromatic N) is 5. The lowest BCUT2D eigenvalue weighted by Gasteiger charge is -1.98. The second-order valence-corrected chi connectivity index (χ2v) is 3.33. The van der Waals surface area contributed by atoms with Crippen LogP contribution in [0.15, 0.2) is 12.4 Å². The summed E-state index contributed by atoms with van der Waals surface area (Å²) in [7, 11) is 0. The maximum atomic E-state index is 11.8. The molecule has 0 radical (unpaired) electrons. The molecule has 0 bridgehead atoms. The Balaban J connectivity index is 2.36. The van der Waals surface area contributed by atoms with Crippen molar-refractivity contribution in [2.45, 2.75) is 13.5 Å². The average molecular weight is 209 g/mol. The molecule has 0 N–H and O–H groups in total. The molecule has 72 valence electrons. The van der Waals surface area contributed by atoms with Crippen molar-refractivity contribution in [3.63, 3.8) is 0 Å². The first-order chi connectivity index (χ1) is 6.83. The maximum absolute atomic E-state index is 11.8. The Morgan fingerprint density at radius 3 is 3.00 bits per heavy atom. The SMILES string of the molecule is CCn1nncc1C(=O)c1cnns1. The van der Waals surface area contributed by atoms with Crippen LogP contribution in [-0.2, 0) is 6.54 Å². The van der Waals surface area contributed by atoms with Crippen LogP contribution in [0.25, 0.3) is 0 Å². The van der Waals surface area contributed by atoms with Gasteiger partial charge in [-0.05, 0) is 18.5 Å². The lowest BCUT2D eigenvalue weighted by Crippen LogP contribution is -2.09. The second-order valence-electron chi connectivity index (χ2n) is 2.55. The number of carbonyl (C=O) groups is 1. The van der Waals surface area contributed by atoms with Gasteiger partial charge in [0.2, 0.25) is 5.78 Å². The van der Waals surface area contributed by atoms with E-state index in [1.807, 2.05) is 6.92 Å². The smallest absolute Gasteiger partial charge is 0.225 e. The van der Waals surface area contributed by atoms with E-state index in [0.717, 1.165) is 11.5 Å². The Bertz CT molecular complexity index is 435. The molecule has 14 heavy (non-hydrogen) atoms. The van der Waals surface area contributed by atoms with Crippen molar-refractivity contribution < 1.29 is 4.79 Å². The fourth-order valence-corrected chi connectivity index (χ4v) is 1.52. The number of ketones is 1. The molecule has 0 spiro atoms. The van der Waals surface area contributed by atoms with Gasteiger partial charge in [-0.1, -0.05) is 9.70 Å². The normalized spacial score (nSPS) is 10.4. The van der Waals surface area contributed by atoms with Crippen molar-refractivity contribution >= 4 is 17.3 Å². The summed E-state index contributed by atoms with van der Waals surface area (Å²) < 4.78 is 5.17. The number of aromatic nitrogens is 5. The molecular formula is C7H7N5OS. The summed E-state index contributed by atoms with van der Waals surface area (Å²) >= 11 is 1.07. The first-order valence-electron chi connectivity index (χ1n) is 4.03. The molecule has 0 aliphatic heterocycles. The van der Waals surface area contributed by atoms with Crippen molar-refractivity contribution in [3.8, 4) is 0 Å². The van der Waals surface area contributed by atoms with Crippen LogP contribution in [0.1, 0.15) is 22.3 Å². The van der Waals surface area contributed by atoms with Crippen molar-refractivity contribution in [3.05, 3.63) is 23.0 Å². The van der Waals surface area contributed by atoms with Gasteiger partial charge in [-0.3, -0.25) is 4.79 Å². The third kappa shape index (κ3) is 1.41. The Hall–Kier alpha value is -1.63. The van der Waals surface area contributed by atoms with Crippen LogP contribution in [0, 0.1) is 0 Å². The summed E-state index contributed by atoms with van der Waals surface area (Å²) in [5.41, 5.74) is 0.471. The standard InChI is InChI=1S/C7H7N5OS/c1-2-12-5(3-8-10-12)7(13)6-4-9-11-14-6/h3-4H,2H2,1H3. The lowest BCUT2D eigenvalue weighted by molar-refractivity contribution is 0.103. The van der Waals surface area contributed by atoms with Crippen LogP contribution in [0.4, 0.5) is 0 Å². The van der Waals surface area contributed by atoms with Crippen molar-refractivity contribution in [2.24, 2.45) is 0 Å². The van der Waals surface area contributed by atoms with Gasteiger partial charge < -0.3 is 0 Å². The van der Waals surface area contributed by atoms with E-state index < -0.39 is 0 Å². The Kier molecular flexibility index (Phi) is 2.32. The van der Waals surface area contributed by atoms with E-state index in [-0.39, 0.29) is 5.78 Å². The maximum Gasteiger partial charge on any atom is 0.225 e. The molecule has 0 aromatic carbocycles. The number of aryl methyl sites for hydroxylation is 1. The summed E-state index contributed by atoms with van der Waals surface area (Å²) in [5, 5.41) is 11.1. The topological polar surface area (TPSA) is 73.6 Å². The molecule has 2 heterocycles. The highest BCUT2D eigenvalue weighted by molar-refractivity contribution is 7.08. The van der Waals surface area contributed by atoms with Gasteiger partial charge in [-0.2, -0.15) is 0 Å². The molecule has 0 aliphatic rings. The highest BCUT2D eigenvalue weighted by atomic mass is 32.1. The van der Waals surface area contributed by atoms with Crippen molar-refractivity contribution in [2.75, 3.05) is 0 Å². The van der Waals surface area contributed by atoms with E-state index in [4.69, 9.17) is 0 Å². The molecular weight excluding hydrogens is 202 g/mol. The zero-order valence-corrected chi connectivity index (χ0v) is 8.23. The van der Waals surface area contributed by atoms with Crippen LogP contribution < -0.4 is 0 Å². The van der Waals surface area contributed by atoms with Gasteiger partial charge >= 0.3 is 0 Å². The minimum atomic E-state index is -0.133. The molecule has 0 amide bonds. The van der Waals surface area contributed by atoms with Crippen LogP contribution in [0.5, 0.6) is 0 Å². The summed E-state index contributed by atoms with van der Waals surface area (Å²) in [5.74, 6) is -0.133. The van der Waals surface area contributed by atoms with E-state index in [9.17, 15) is 4.79 Å². The Morgan fingerprint density at radius 2 is 2.36 bits per heavy atom. The molecule has 0 atom stereocenters. The predicted molar refractivity (Wildman–Crippen MR) is 49.0 cm³/mol. The molecule has 0 saturated carbocycles. The van der Waals surface area contributed by atoms with E-state index in [1.165, 1.54) is 12.4 Å². The van der Waals surface area contributed by atoms with Crippen LogP contribution in [0.2, 0.25) is 0 Å². The van der Waals surface area contributed by atoms with E-state index in [2.05, 4.69) is 19.9 Å². The first-order valence-corrected chi connectivity index (χ1v) is 4.80. The number of carbonyl (C=O) groups excluding carboxylic acids is 1. The Morgan fingerprint density at radius 1 is 1.50 bits per heavy atom. The molecule has 0 aliphatic carbocycles. The van der Waals surface area contributed by atoms with E-state index >= 15 is 0 Å². The van der Waals surface area contributed by atoms with E-state index in [0.29, 0.717) is 17.1 Å². The summed E-state index contributed by atoms with van der Waals surface area (Å²) in [6, 6.07) is 0. The largest absolute Gasteiger partial charge is 0.286 e. The van der Waals surface area contributed by atoms with Crippen molar-refractivity contribution in [1.82, 2.24) is 24.6 Å². The molecule has 2 aromatic rings. The third-order valence-corrected chi connectivity index (χ3v) is 2.40. The van der Waals surface area contributed by atoms with Gasteiger partial charge in [0.15, 0.2) is 0 Å². The quantitative estimate of drug-likeness (QED) is 0.683.